The van der Waals surface area contributed by atoms with E-state index >= 15 is 0 Å². The largest absolute Gasteiger partial charge is 0.356 e. The van der Waals surface area contributed by atoms with E-state index in [4.69, 9.17) is 18.9 Å². The summed E-state index contributed by atoms with van der Waals surface area (Å²) in [6, 6.07) is 17.6. The molecule has 0 saturated carbocycles. The van der Waals surface area contributed by atoms with Crippen molar-refractivity contribution < 1.29 is 18.9 Å². The predicted octanol–water partition coefficient (Wildman–Crippen LogP) is 6.93. The maximum absolute atomic E-state index is 5.51. The molecule has 0 heterocycles. The molecule has 2 aromatic carbocycles. The molecule has 4 rings (SSSR count). The highest BCUT2D eigenvalue weighted by atomic mass is 16.7. The maximum atomic E-state index is 5.51. The van der Waals surface area contributed by atoms with Gasteiger partial charge in [-0.1, -0.05) is 84.7 Å². The fourth-order valence-corrected chi connectivity index (χ4v) is 5.61. The van der Waals surface area contributed by atoms with E-state index in [2.05, 4.69) is 60.7 Å². The Kier molecular flexibility index (Phi) is 8.74. The van der Waals surface area contributed by atoms with Crippen molar-refractivity contribution in [3.05, 3.63) is 81.9 Å². The second kappa shape index (κ2) is 11.9. The smallest absolute Gasteiger partial charge is 0.160 e. The lowest BCUT2D eigenvalue weighted by molar-refractivity contribution is -0.101. The van der Waals surface area contributed by atoms with Crippen LogP contribution in [0, 0.1) is 0 Å². The highest BCUT2D eigenvalue weighted by Crippen LogP contribution is 2.44. The lowest BCUT2D eigenvalue weighted by Crippen LogP contribution is -2.16. The van der Waals surface area contributed by atoms with Gasteiger partial charge in [0.1, 0.15) is 0 Å². The van der Waals surface area contributed by atoms with E-state index < -0.39 is 0 Å². The molecule has 2 aliphatic carbocycles. The zero-order chi connectivity index (χ0) is 23.9. The van der Waals surface area contributed by atoms with Gasteiger partial charge in [-0.25, -0.2) is 0 Å². The van der Waals surface area contributed by atoms with Crippen LogP contribution in [0.25, 0.3) is 12.2 Å². The quantitative estimate of drug-likeness (QED) is 0.239. The van der Waals surface area contributed by atoms with E-state index in [1.165, 1.54) is 46.2 Å². The molecule has 0 radical (unpaired) electrons. The summed E-state index contributed by atoms with van der Waals surface area (Å²) in [4.78, 5) is 0. The summed E-state index contributed by atoms with van der Waals surface area (Å²) >= 11 is 0. The first-order chi connectivity index (χ1) is 16.7. The van der Waals surface area contributed by atoms with Gasteiger partial charge in [-0.3, -0.25) is 0 Å². The average Bonchev–Trinajstić information content (AvgIpc) is 3.40. The molecule has 2 aromatic rings. The number of hydrogen-bond donors (Lipinski definition) is 0. The van der Waals surface area contributed by atoms with Crippen molar-refractivity contribution in [2.75, 3.05) is 28.4 Å². The molecule has 4 nitrogen and oxygen atoms in total. The first-order valence-electron chi connectivity index (χ1n) is 12.4. The van der Waals surface area contributed by atoms with E-state index in [1.54, 1.807) is 28.4 Å². The minimum atomic E-state index is -0.194. The molecule has 0 amide bonds. The molecule has 0 N–H and O–H groups in total. The summed E-state index contributed by atoms with van der Waals surface area (Å²) in [5, 5.41) is 0. The fourth-order valence-electron chi connectivity index (χ4n) is 5.61. The van der Waals surface area contributed by atoms with E-state index in [1.807, 2.05) is 0 Å². The average molecular weight is 463 g/mol. The predicted molar refractivity (Wildman–Crippen MR) is 138 cm³/mol. The highest BCUT2D eigenvalue weighted by Gasteiger charge is 2.29. The summed E-state index contributed by atoms with van der Waals surface area (Å²) in [5.41, 5.74) is 8.41. The van der Waals surface area contributed by atoms with Crippen molar-refractivity contribution in [1.82, 2.24) is 0 Å². The van der Waals surface area contributed by atoms with Gasteiger partial charge in [0.15, 0.2) is 12.6 Å². The Bertz CT molecular complexity index is 919. The van der Waals surface area contributed by atoms with E-state index in [-0.39, 0.29) is 12.6 Å². The van der Waals surface area contributed by atoms with Crippen LogP contribution in [0.3, 0.4) is 0 Å². The van der Waals surface area contributed by atoms with Crippen molar-refractivity contribution in [2.45, 2.75) is 62.9 Å². The molecule has 0 bridgehead atoms. The Morgan fingerprint density at radius 3 is 1.35 bits per heavy atom. The van der Waals surface area contributed by atoms with Crippen LogP contribution in [-0.4, -0.2) is 41.0 Å². The van der Waals surface area contributed by atoms with Crippen molar-refractivity contribution in [3.8, 4) is 0 Å². The third-order valence-corrected chi connectivity index (χ3v) is 7.41. The number of methoxy groups -OCH3 is 4. The minimum absolute atomic E-state index is 0.194. The molecule has 2 atom stereocenters. The molecule has 2 aliphatic rings. The molecule has 4 heteroatoms. The van der Waals surface area contributed by atoms with Gasteiger partial charge in [0.2, 0.25) is 0 Å². The summed E-state index contributed by atoms with van der Waals surface area (Å²) in [7, 11) is 6.87. The van der Waals surface area contributed by atoms with Crippen LogP contribution in [0.5, 0.6) is 0 Å². The second-order valence-electron chi connectivity index (χ2n) is 9.30. The minimum Gasteiger partial charge on any atom is -0.356 e. The van der Waals surface area contributed by atoms with E-state index in [0.29, 0.717) is 11.8 Å². The number of rotatable bonds is 13. The van der Waals surface area contributed by atoms with Crippen LogP contribution < -0.4 is 0 Å². The Morgan fingerprint density at radius 1 is 0.588 bits per heavy atom. The van der Waals surface area contributed by atoms with Crippen LogP contribution in [0.15, 0.2) is 59.7 Å². The number of benzene rings is 2. The van der Waals surface area contributed by atoms with Crippen molar-refractivity contribution in [3.63, 3.8) is 0 Å². The SMILES string of the molecule is COC(CC1=Cc2ccccc2C1CCCCC1C(CC(OC)OC)=Cc2ccccc21)OC. The van der Waals surface area contributed by atoms with Gasteiger partial charge in [-0.2, -0.15) is 0 Å². The molecule has 34 heavy (non-hydrogen) atoms. The molecule has 0 aromatic heterocycles. The first-order valence-corrected chi connectivity index (χ1v) is 12.4. The maximum Gasteiger partial charge on any atom is 0.160 e. The number of unbranched alkanes of at least 4 members (excludes halogenated alkanes) is 1. The third-order valence-electron chi connectivity index (χ3n) is 7.41. The van der Waals surface area contributed by atoms with E-state index in [0.717, 1.165) is 25.7 Å². The molecule has 182 valence electrons. The van der Waals surface area contributed by atoms with Crippen LogP contribution in [0.2, 0.25) is 0 Å². The van der Waals surface area contributed by atoms with Crippen molar-refractivity contribution in [1.29, 1.82) is 0 Å². The van der Waals surface area contributed by atoms with Gasteiger partial charge in [0, 0.05) is 53.1 Å². The molecule has 0 aliphatic heterocycles. The third kappa shape index (κ3) is 5.52. The zero-order valence-corrected chi connectivity index (χ0v) is 21.0. The van der Waals surface area contributed by atoms with Gasteiger partial charge >= 0.3 is 0 Å². The topological polar surface area (TPSA) is 36.9 Å². The molecule has 0 saturated heterocycles. The van der Waals surface area contributed by atoms with Crippen molar-refractivity contribution >= 4 is 12.2 Å². The summed E-state index contributed by atoms with van der Waals surface area (Å²) in [5.74, 6) is 0.891. The second-order valence-corrected chi connectivity index (χ2v) is 9.30. The monoisotopic (exact) mass is 462 g/mol. The normalized spacial score (nSPS) is 18.9. The molecular weight excluding hydrogens is 424 g/mol. The van der Waals surface area contributed by atoms with Gasteiger partial charge in [-0.15, -0.1) is 0 Å². The summed E-state index contributed by atoms with van der Waals surface area (Å²) in [6.07, 6.45) is 10.6. The Hall–Kier alpha value is -2.24. The lowest BCUT2D eigenvalue weighted by Gasteiger charge is -2.22. The number of fused-ring (bicyclic) bond motifs is 2. The zero-order valence-electron chi connectivity index (χ0n) is 21.0. The van der Waals surface area contributed by atoms with Crippen LogP contribution in [0.1, 0.15) is 72.6 Å². The van der Waals surface area contributed by atoms with Crippen molar-refractivity contribution in [2.24, 2.45) is 0 Å². The van der Waals surface area contributed by atoms with Gasteiger partial charge < -0.3 is 18.9 Å². The van der Waals surface area contributed by atoms with Gasteiger partial charge in [-0.05, 0) is 35.1 Å². The molecular formula is C30H38O4. The Morgan fingerprint density at radius 2 is 0.971 bits per heavy atom. The lowest BCUT2D eigenvalue weighted by atomic mass is 9.85. The number of ether oxygens (including phenoxy) is 4. The first kappa shape index (κ1) is 24.9. The molecule has 2 unspecified atom stereocenters. The fraction of sp³-hybridized carbons (Fsp3) is 0.467. The summed E-state index contributed by atoms with van der Waals surface area (Å²) in [6.45, 7) is 0. The standard InChI is InChI=1S/C30H38O4/c1-31-29(32-2)19-23-17-21-11-5-7-13-25(21)27(23)15-9-10-16-28-24(20-30(33-3)34-4)18-22-12-6-8-14-26(22)28/h5-8,11-14,17-18,27-30H,9-10,15-16,19-20H2,1-4H3. The van der Waals surface area contributed by atoms with E-state index in [9.17, 15) is 0 Å². The van der Waals surface area contributed by atoms with Crippen LogP contribution in [0.4, 0.5) is 0 Å². The molecule has 0 fully saturated rings. The number of hydrogen-bond acceptors (Lipinski definition) is 4. The van der Waals surface area contributed by atoms with Crippen LogP contribution >= 0.6 is 0 Å². The Labute approximate surface area is 204 Å². The van der Waals surface area contributed by atoms with Gasteiger partial charge in [0.25, 0.3) is 0 Å². The van der Waals surface area contributed by atoms with Gasteiger partial charge in [0.05, 0.1) is 0 Å². The molecule has 0 spiro atoms. The Balaban J connectivity index is 1.40. The highest BCUT2D eigenvalue weighted by molar-refractivity contribution is 5.67. The van der Waals surface area contributed by atoms with Crippen LogP contribution in [-0.2, 0) is 18.9 Å². The summed E-state index contributed by atoms with van der Waals surface area (Å²) < 4.78 is 22.0.